The first-order chi connectivity index (χ1) is 4.88. The standard InChI is InChI=1S/C8H18N2O.ClH/c1-6-8(9-7(2)11)10(3,4)5;/h8H,6H2,1-5H3;1H. The summed E-state index contributed by atoms with van der Waals surface area (Å²) in [6.07, 6.45) is 1.19. The van der Waals surface area contributed by atoms with Gasteiger partial charge in [0.25, 0.3) is 0 Å². The Hall–Kier alpha value is -0.280. The zero-order chi connectivity index (χ0) is 9.07. The monoisotopic (exact) mass is 194 g/mol. The van der Waals surface area contributed by atoms with E-state index in [1.54, 1.807) is 6.92 Å². The van der Waals surface area contributed by atoms with Crippen LogP contribution in [0, 0.1) is 0 Å². The highest BCUT2D eigenvalue weighted by Gasteiger charge is 2.21. The summed E-state index contributed by atoms with van der Waals surface area (Å²) in [4.78, 5) is 10.7. The highest BCUT2D eigenvalue weighted by molar-refractivity contribution is 5.72. The summed E-state index contributed by atoms with van der Waals surface area (Å²) in [7, 11) is 6.22. The Morgan fingerprint density at radius 2 is 1.83 bits per heavy atom. The lowest BCUT2D eigenvalue weighted by atomic mass is 10.3. The molecular weight excluding hydrogens is 176 g/mol. The fourth-order valence-electron chi connectivity index (χ4n) is 1.08. The molecule has 0 bridgehead atoms. The molecule has 0 aliphatic carbocycles. The van der Waals surface area contributed by atoms with Gasteiger partial charge in [-0.2, -0.15) is 0 Å². The molecule has 0 aliphatic rings. The van der Waals surface area contributed by atoms with E-state index in [1.165, 1.54) is 0 Å². The van der Waals surface area contributed by atoms with Gasteiger partial charge >= 0.3 is 0 Å². The van der Waals surface area contributed by atoms with Crippen LogP contribution in [0.3, 0.4) is 0 Å². The number of rotatable bonds is 3. The van der Waals surface area contributed by atoms with Crippen LogP contribution in [0.15, 0.2) is 0 Å². The number of hydrogen-bond acceptors (Lipinski definition) is 1. The van der Waals surface area contributed by atoms with E-state index >= 15 is 0 Å². The summed E-state index contributed by atoms with van der Waals surface area (Å²) in [5, 5.41) is 2.90. The van der Waals surface area contributed by atoms with Crippen LogP contribution >= 0.6 is 0 Å². The average molecular weight is 195 g/mol. The van der Waals surface area contributed by atoms with Crippen molar-refractivity contribution in [2.75, 3.05) is 21.1 Å². The van der Waals surface area contributed by atoms with E-state index in [9.17, 15) is 4.79 Å². The summed E-state index contributed by atoms with van der Waals surface area (Å²) >= 11 is 0. The lowest BCUT2D eigenvalue weighted by molar-refractivity contribution is -0.898. The maximum atomic E-state index is 10.7. The van der Waals surface area contributed by atoms with Gasteiger partial charge in [-0.15, -0.1) is 0 Å². The van der Waals surface area contributed by atoms with E-state index in [4.69, 9.17) is 0 Å². The molecule has 0 aliphatic heterocycles. The Morgan fingerprint density at radius 1 is 1.42 bits per heavy atom. The zero-order valence-corrected chi connectivity index (χ0v) is 9.27. The Morgan fingerprint density at radius 3 is 1.92 bits per heavy atom. The Balaban J connectivity index is 0. The summed E-state index contributed by atoms with van der Waals surface area (Å²) in [6.45, 7) is 3.63. The number of amides is 1. The predicted molar refractivity (Wildman–Crippen MR) is 45.9 cm³/mol. The summed E-state index contributed by atoms with van der Waals surface area (Å²) < 4.78 is 0.774. The zero-order valence-electron chi connectivity index (χ0n) is 8.52. The number of carbonyl (C=O) groups is 1. The third kappa shape index (κ3) is 5.38. The van der Waals surface area contributed by atoms with Crippen molar-refractivity contribution >= 4 is 5.91 Å². The first-order valence-corrected chi connectivity index (χ1v) is 3.96. The van der Waals surface area contributed by atoms with Crippen LogP contribution in [0.1, 0.15) is 20.3 Å². The van der Waals surface area contributed by atoms with Gasteiger partial charge in [0.15, 0.2) is 6.17 Å². The van der Waals surface area contributed by atoms with Gasteiger partial charge in [-0.3, -0.25) is 4.79 Å². The van der Waals surface area contributed by atoms with Gasteiger partial charge in [0.05, 0.1) is 21.1 Å². The largest absolute Gasteiger partial charge is 1.00 e. The number of nitrogens with one attached hydrogen (secondary N) is 1. The second-order valence-electron chi connectivity index (χ2n) is 3.74. The molecule has 0 radical (unpaired) electrons. The maximum absolute atomic E-state index is 10.7. The van der Waals surface area contributed by atoms with Crippen molar-refractivity contribution in [3.05, 3.63) is 0 Å². The van der Waals surface area contributed by atoms with Crippen LogP contribution in [0.4, 0.5) is 0 Å². The lowest BCUT2D eigenvalue weighted by Gasteiger charge is -2.33. The number of nitrogens with zero attached hydrogens (tertiary/aromatic N) is 1. The Kier molecular flexibility index (Phi) is 6.39. The molecule has 1 unspecified atom stereocenters. The van der Waals surface area contributed by atoms with Crippen molar-refractivity contribution in [1.82, 2.24) is 5.32 Å². The molecule has 1 amide bonds. The molecule has 0 heterocycles. The van der Waals surface area contributed by atoms with Crippen LogP contribution in [-0.4, -0.2) is 37.7 Å². The van der Waals surface area contributed by atoms with Crippen LogP contribution in [0.5, 0.6) is 0 Å². The first-order valence-electron chi connectivity index (χ1n) is 3.96. The van der Waals surface area contributed by atoms with Crippen LogP contribution in [0.2, 0.25) is 0 Å². The minimum absolute atomic E-state index is 0. The third-order valence-electron chi connectivity index (χ3n) is 1.69. The van der Waals surface area contributed by atoms with Crippen LogP contribution in [-0.2, 0) is 4.79 Å². The highest BCUT2D eigenvalue weighted by Crippen LogP contribution is 2.02. The molecule has 1 N–H and O–H groups in total. The topological polar surface area (TPSA) is 29.1 Å². The summed E-state index contributed by atoms with van der Waals surface area (Å²) in [6, 6.07) is 0. The van der Waals surface area contributed by atoms with Gasteiger partial charge in [-0.05, 0) is 0 Å². The number of carbonyl (C=O) groups excluding carboxylic acids is 1. The molecule has 0 saturated carbocycles. The average Bonchev–Trinajstić information content (AvgIpc) is 1.79. The van der Waals surface area contributed by atoms with E-state index in [0.29, 0.717) is 0 Å². The van der Waals surface area contributed by atoms with Gasteiger partial charge in [0.2, 0.25) is 5.91 Å². The quantitative estimate of drug-likeness (QED) is 0.393. The van der Waals surface area contributed by atoms with Crippen molar-refractivity contribution in [2.24, 2.45) is 0 Å². The molecule has 0 spiro atoms. The third-order valence-corrected chi connectivity index (χ3v) is 1.69. The van der Waals surface area contributed by atoms with Crippen molar-refractivity contribution < 1.29 is 21.7 Å². The van der Waals surface area contributed by atoms with Crippen LogP contribution in [0.25, 0.3) is 0 Å². The van der Waals surface area contributed by atoms with Gasteiger partial charge < -0.3 is 22.2 Å². The smallest absolute Gasteiger partial charge is 0.221 e. The second-order valence-corrected chi connectivity index (χ2v) is 3.74. The van der Waals surface area contributed by atoms with E-state index in [1.807, 2.05) is 0 Å². The molecule has 0 rings (SSSR count). The van der Waals surface area contributed by atoms with Crippen molar-refractivity contribution in [3.63, 3.8) is 0 Å². The predicted octanol–water partition coefficient (Wildman–Crippen LogP) is -2.43. The fourth-order valence-corrected chi connectivity index (χ4v) is 1.08. The van der Waals surface area contributed by atoms with Crippen molar-refractivity contribution in [2.45, 2.75) is 26.4 Å². The molecule has 0 aromatic rings. The van der Waals surface area contributed by atoms with Crippen molar-refractivity contribution in [1.29, 1.82) is 0 Å². The second kappa shape index (κ2) is 5.38. The molecule has 4 heteroatoms. The van der Waals surface area contributed by atoms with E-state index in [-0.39, 0.29) is 24.5 Å². The normalized spacial score (nSPS) is 13.1. The molecular formula is C8H19ClN2O. The van der Waals surface area contributed by atoms with E-state index in [2.05, 4.69) is 33.4 Å². The van der Waals surface area contributed by atoms with Gasteiger partial charge in [0.1, 0.15) is 0 Å². The highest BCUT2D eigenvalue weighted by atomic mass is 35.5. The SMILES string of the molecule is CCC(NC(C)=O)[N+](C)(C)C.[Cl-]. The lowest BCUT2D eigenvalue weighted by Crippen LogP contribution is -3.00. The molecule has 3 nitrogen and oxygen atoms in total. The van der Waals surface area contributed by atoms with Crippen LogP contribution < -0.4 is 17.7 Å². The number of halogens is 1. The summed E-state index contributed by atoms with van der Waals surface area (Å²) in [5.41, 5.74) is 0. The molecule has 0 fully saturated rings. The number of hydrogen-bond donors (Lipinski definition) is 1. The number of quaternary nitrogens is 1. The minimum Gasteiger partial charge on any atom is -1.00 e. The maximum Gasteiger partial charge on any atom is 0.221 e. The Labute approximate surface area is 81.1 Å². The minimum atomic E-state index is 0. The molecule has 12 heavy (non-hydrogen) atoms. The molecule has 1 atom stereocenters. The molecule has 0 aromatic heterocycles. The van der Waals surface area contributed by atoms with Gasteiger partial charge in [-0.25, -0.2) is 0 Å². The molecule has 74 valence electrons. The fraction of sp³-hybridized carbons (Fsp3) is 0.875. The van der Waals surface area contributed by atoms with E-state index in [0.717, 1.165) is 10.9 Å². The Bertz CT molecular complexity index is 142. The van der Waals surface area contributed by atoms with E-state index < -0.39 is 0 Å². The first kappa shape index (κ1) is 14.3. The molecule has 0 saturated heterocycles. The summed E-state index contributed by atoms with van der Waals surface area (Å²) in [5.74, 6) is 0.0462. The van der Waals surface area contributed by atoms with Crippen molar-refractivity contribution in [3.8, 4) is 0 Å². The van der Waals surface area contributed by atoms with Gasteiger partial charge in [-0.1, -0.05) is 6.92 Å². The van der Waals surface area contributed by atoms with Gasteiger partial charge in [0, 0.05) is 13.3 Å². The molecule has 0 aromatic carbocycles.